The summed E-state index contributed by atoms with van der Waals surface area (Å²) in [6.45, 7) is 10.5. The molecule has 0 aliphatic carbocycles. The van der Waals surface area contributed by atoms with Crippen LogP contribution < -0.4 is 9.46 Å². The van der Waals surface area contributed by atoms with Gasteiger partial charge in [-0.25, -0.2) is 16.8 Å². The second kappa shape index (κ2) is 16.0. The predicted octanol–water partition coefficient (Wildman–Crippen LogP) is 4.52. The number of fused-ring (bicyclic) bond motifs is 1. The molecular formula is C34H48N4O9S2. The van der Waals surface area contributed by atoms with Crippen LogP contribution in [-0.4, -0.2) is 93.8 Å². The van der Waals surface area contributed by atoms with Crippen molar-refractivity contribution in [2.75, 3.05) is 38.1 Å². The number of likely N-dealkylation sites (N-methyl/N-ethyl adjacent to an activating group) is 1. The zero-order valence-corrected chi connectivity index (χ0v) is 30.8. The number of carbonyl (C=O) groups is 1. The minimum Gasteiger partial charge on any atom is -0.490 e. The standard InChI is InChI=1S/C34H48N4O9S2/c1-22-11-14-29(15-12-22)49(43,44)37(7)20-32-23(2)19-38(24(3)21-39)34(40)30-18-28(36-48(41,42)33-26(5)35-47-27(33)6)13-16-31(30)46-25(4)10-8-9-17-45-32/h11-16,18,23-25,32,36,39H,8-10,17,19-21H2,1-7H3/t23-,24+,25-,32-/m1/s1. The molecule has 0 spiro atoms. The number of hydrogen-bond donors (Lipinski definition) is 2. The van der Waals surface area contributed by atoms with Crippen LogP contribution in [0.5, 0.6) is 5.75 Å². The molecule has 2 heterocycles. The van der Waals surface area contributed by atoms with Crippen LogP contribution in [-0.2, 0) is 24.8 Å². The van der Waals surface area contributed by atoms with Crippen LogP contribution in [0.4, 0.5) is 5.69 Å². The first-order chi connectivity index (χ1) is 23.0. The SMILES string of the molecule is Cc1ccc(S(=O)(=O)N(C)C[C@H]2OCCCC[C@@H](C)Oc3ccc(NS(=O)(=O)c4c(C)noc4C)cc3C(=O)N([C@@H](C)CO)C[C@H]2C)cc1. The van der Waals surface area contributed by atoms with E-state index in [-0.39, 0.29) is 70.0 Å². The molecule has 4 rings (SSSR count). The van der Waals surface area contributed by atoms with Crippen LogP contribution >= 0.6 is 0 Å². The van der Waals surface area contributed by atoms with Gasteiger partial charge in [0.15, 0.2) is 10.7 Å². The third kappa shape index (κ3) is 9.19. The van der Waals surface area contributed by atoms with Crippen molar-refractivity contribution in [1.82, 2.24) is 14.4 Å². The summed E-state index contributed by atoms with van der Waals surface area (Å²) in [6.07, 6.45) is 1.23. The summed E-state index contributed by atoms with van der Waals surface area (Å²) in [7, 11) is -6.43. The maximum atomic E-state index is 14.4. The number of benzene rings is 2. The highest BCUT2D eigenvalue weighted by atomic mass is 32.2. The Morgan fingerprint density at radius 1 is 1.06 bits per heavy atom. The van der Waals surface area contributed by atoms with Crippen molar-refractivity contribution >= 4 is 31.6 Å². The van der Waals surface area contributed by atoms with Gasteiger partial charge in [-0.1, -0.05) is 29.8 Å². The van der Waals surface area contributed by atoms with Gasteiger partial charge in [0.05, 0.1) is 35.3 Å². The van der Waals surface area contributed by atoms with Crippen LogP contribution in [0.15, 0.2) is 56.8 Å². The number of ether oxygens (including phenoxy) is 2. The molecule has 49 heavy (non-hydrogen) atoms. The Labute approximate surface area is 289 Å². The van der Waals surface area contributed by atoms with Gasteiger partial charge in [-0.3, -0.25) is 9.52 Å². The normalized spacial score (nSPS) is 20.7. The monoisotopic (exact) mass is 720 g/mol. The molecule has 2 aromatic carbocycles. The van der Waals surface area contributed by atoms with E-state index in [9.17, 15) is 26.7 Å². The third-order valence-electron chi connectivity index (χ3n) is 8.71. The molecule has 15 heteroatoms. The Balaban J connectivity index is 1.69. The summed E-state index contributed by atoms with van der Waals surface area (Å²) in [4.78, 5) is 16.0. The molecule has 0 saturated heterocycles. The molecule has 0 radical (unpaired) electrons. The van der Waals surface area contributed by atoms with E-state index >= 15 is 0 Å². The Kier molecular flexibility index (Phi) is 12.5. The lowest BCUT2D eigenvalue weighted by molar-refractivity contribution is -0.00833. The molecule has 2 N–H and O–H groups in total. The van der Waals surface area contributed by atoms with E-state index in [1.54, 1.807) is 37.3 Å². The molecule has 1 aliphatic rings. The lowest BCUT2D eigenvalue weighted by atomic mass is 10.0. The Hall–Kier alpha value is -3.50. The van der Waals surface area contributed by atoms with Crippen LogP contribution in [0.1, 0.15) is 67.4 Å². The number of aryl methyl sites for hydroxylation is 3. The first-order valence-electron chi connectivity index (χ1n) is 16.4. The number of aliphatic hydroxyl groups excluding tert-OH is 1. The second-order valence-electron chi connectivity index (χ2n) is 12.9. The number of sulfonamides is 2. The second-order valence-corrected chi connectivity index (χ2v) is 16.5. The van der Waals surface area contributed by atoms with Crippen molar-refractivity contribution in [3.05, 3.63) is 65.0 Å². The molecule has 0 fully saturated rings. The number of carbonyl (C=O) groups excluding carboxylic acids is 1. The molecule has 13 nitrogen and oxygen atoms in total. The average Bonchev–Trinajstić information content (AvgIpc) is 3.40. The molecular weight excluding hydrogens is 673 g/mol. The number of anilines is 1. The van der Waals surface area contributed by atoms with Gasteiger partial charge in [0.1, 0.15) is 11.4 Å². The van der Waals surface area contributed by atoms with E-state index in [1.165, 1.54) is 42.2 Å². The van der Waals surface area contributed by atoms with Crippen molar-refractivity contribution < 1.29 is 40.7 Å². The highest BCUT2D eigenvalue weighted by molar-refractivity contribution is 7.92. The van der Waals surface area contributed by atoms with Crippen LogP contribution in [0.3, 0.4) is 0 Å². The molecule has 270 valence electrons. The minimum absolute atomic E-state index is 0.0383. The van der Waals surface area contributed by atoms with Crippen LogP contribution in [0.25, 0.3) is 0 Å². The van der Waals surface area contributed by atoms with Crippen molar-refractivity contribution in [2.24, 2.45) is 5.92 Å². The molecule has 0 saturated carbocycles. The summed E-state index contributed by atoms with van der Waals surface area (Å²) in [5.41, 5.74) is 1.37. The maximum absolute atomic E-state index is 14.4. The Bertz CT molecular complexity index is 1790. The van der Waals surface area contributed by atoms with E-state index in [2.05, 4.69) is 9.88 Å². The molecule has 1 aliphatic heterocycles. The Morgan fingerprint density at radius 3 is 2.39 bits per heavy atom. The first-order valence-corrected chi connectivity index (χ1v) is 19.3. The minimum atomic E-state index is -4.11. The van der Waals surface area contributed by atoms with Crippen molar-refractivity contribution in [2.45, 2.75) is 88.8 Å². The molecule has 0 unspecified atom stereocenters. The van der Waals surface area contributed by atoms with Crippen LogP contribution in [0, 0.1) is 26.7 Å². The largest absolute Gasteiger partial charge is 0.490 e. The number of aromatic nitrogens is 1. The summed E-state index contributed by atoms with van der Waals surface area (Å²) in [5, 5.41) is 14.0. The van der Waals surface area contributed by atoms with Gasteiger partial charge in [0, 0.05) is 38.3 Å². The van der Waals surface area contributed by atoms with Crippen molar-refractivity contribution in [3.63, 3.8) is 0 Å². The fourth-order valence-electron chi connectivity index (χ4n) is 5.75. The molecule has 1 aromatic heterocycles. The zero-order valence-electron chi connectivity index (χ0n) is 29.2. The third-order valence-corrected chi connectivity index (χ3v) is 12.2. The number of hydrogen-bond acceptors (Lipinski definition) is 10. The number of aliphatic hydroxyl groups is 1. The summed E-state index contributed by atoms with van der Waals surface area (Å²) >= 11 is 0. The van der Waals surface area contributed by atoms with Gasteiger partial charge < -0.3 is 24.0 Å². The first kappa shape index (κ1) is 38.3. The van der Waals surface area contributed by atoms with Gasteiger partial charge in [0.25, 0.3) is 15.9 Å². The van der Waals surface area contributed by atoms with Gasteiger partial charge in [-0.2, -0.15) is 4.31 Å². The molecule has 3 aromatic rings. The number of amides is 1. The van der Waals surface area contributed by atoms with Gasteiger partial charge in [0.2, 0.25) is 10.0 Å². The fraction of sp³-hybridized carbons (Fsp3) is 0.529. The predicted molar refractivity (Wildman–Crippen MR) is 185 cm³/mol. The molecule has 1 amide bonds. The average molecular weight is 721 g/mol. The van der Waals surface area contributed by atoms with E-state index in [0.717, 1.165) is 12.0 Å². The maximum Gasteiger partial charge on any atom is 0.267 e. The smallest absolute Gasteiger partial charge is 0.267 e. The fourth-order valence-corrected chi connectivity index (χ4v) is 8.32. The highest BCUT2D eigenvalue weighted by Gasteiger charge is 2.33. The quantitative estimate of drug-likeness (QED) is 0.321. The van der Waals surface area contributed by atoms with Gasteiger partial charge >= 0.3 is 0 Å². The highest BCUT2D eigenvalue weighted by Crippen LogP contribution is 2.30. The van der Waals surface area contributed by atoms with Crippen molar-refractivity contribution in [1.29, 1.82) is 0 Å². The number of rotatable bonds is 9. The van der Waals surface area contributed by atoms with E-state index in [1.807, 2.05) is 20.8 Å². The van der Waals surface area contributed by atoms with Gasteiger partial charge in [-0.15, -0.1) is 0 Å². The van der Waals surface area contributed by atoms with Gasteiger partial charge in [-0.05, 0) is 84.2 Å². The van der Waals surface area contributed by atoms with E-state index < -0.39 is 38.1 Å². The molecule has 4 atom stereocenters. The Morgan fingerprint density at radius 2 is 1.76 bits per heavy atom. The van der Waals surface area contributed by atoms with E-state index in [4.69, 9.17) is 14.0 Å². The zero-order chi connectivity index (χ0) is 36.1. The lowest BCUT2D eigenvalue weighted by Gasteiger charge is -2.35. The molecule has 0 bridgehead atoms. The van der Waals surface area contributed by atoms with E-state index in [0.29, 0.717) is 19.4 Å². The lowest BCUT2D eigenvalue weighted by Crippen LogP contribution is -2.48. The van der Waals surface area contributed by atoms with Crippen LogP contribution in [0.2, 0.25) is 0 Å². The number of nitrogens with zero attached hydrogens (tertiary/aromatic N) is 3. The number of nitrogens with one attached hydrogen (secondary N) is 1. The summed E-state index contributed by atoms with van der Waals surface area (Å²) in [6, 6.07) is 10.5. The van der Waals surface area contributed by atoms with Crippen molar-refractivity contribution in [3.8, 4) is 5.75 Å². The summed E-state index contributed by atoms with van der Waals surface area (Å²) in [5.74, 6) is -0.469. The summed E-state index contributed by atoms with van der Waals surface area (Å²) < 4.78 is 75.0. The topological polar surface area (TPSA) is 169 Å².